The largest absolute Gasteiger partial charge is 0.458 e. The van der Waals surface area contributed by atoms with Crippen LogP contribution >= 0.6 is 0 Å². The van der Waals surface area contributed by atoms with E-state index in [1.165, 1.54) is 0 Å². The summed E-state index contributed by atoms with van der Waals surface area (Å²) in [4.78, 5) is 12.7. The molecule has 108 valence electrons. The van der Waals surface area contributed by atoms with Crippen molar-refractivity contribution in [1.29, 1.82) is 0 Å². The summed E-state index contributed by atoms with van der Waals surface area (Å²) in [6.07, 6.45) is 1.71. The average Bonchev–Trinajstić information content (AvgIpc) is 2.80. The highest BCUT2D eigenvalue weighted by Crippen LogP contribution is 2.25. The number of benzene rings is 1. The summed E-state index contributed by atoms with van der Waals surface area (Å²) in [5.74, 6) is 0.794. The molecule has 0 spiro atoms. The van der Waals surface area contributed by atoms with Crippen LogP contribution in [0.25, 0.3) is 16.9 Å². The van der Waals surface area contributed by atoms with Crippen LogP contribution in [0.1, 0.15) is 0 Å². The molecule has 4 rings (SSSR count). The van der Waals surface area contributed by atoms with Crippen LogP contribution in [-0.2, 0) is 0 Å². The van der Waals surface area contributed by atoms with Crippen LogP contribution in [0.4, 0.5) is 5.95 Å². The number of anilines is 1. The summed E-state index contributed by atoms with van der Waals surface area (Å²) in [6.45, 7) is 1.61. The molecule has 0 saturated carbocycles. The third-order valence-electron chi connectivity index (χ3n) is 3.55. The molecule has 7 nitrogen and oxygen atoms in total. The number of fused-ring (bicyclic) bond motifs is 1. The van der Waals surface area contributed by atoms with E-state index in [0.717, 1.165) is 24.1 Å². The van der Waals surface area contributed by atoms with Crippen LogP contribution in [0.3, 0.4) is 0 Å². The third-order valence-corrected chi connectivity index (χ3v) is 3.55. The summed E-state index contributed by atoms with van der Waals surface area (Å²) in [6, 6.07) is 7.74. The topological polar surface area (TPSA) is 90.9 Å². The number of rotatable bonds is 3. The van der Waals surface area contributed by atoms with Crippen LogP contribution < -0.4 is 21.3 Å². The Morgan fingerprint density at radius 1 is 1.27 bits per heavy atom. The molecule has 1 aliphatic rings. The fourth-order valence-corrected chi connectivity index (χ4v) is 2.35. The number of nitrogens with one attached hydrogen (secondary N) is 1. The molecule has 2 aromatic heterocycles. The second-order valence-corrected chi connectivity index (χ2v) is 5.15. The van der Waals surface area contributed by atoms with Crippen molar-refractivity contribution in [3.05, 3.63) is 30.5 Å². The van der Waals surface area contributed by atoms with Gasteiger partial charge in [0.25, 0.3) is 0 Å². The minimum absolute atomic E-state index is 0.104. The molecule has 1 aromatic carbocycles. The van der Waals surface area contributed by atoms with E-state index in [0.29, 0.717) is 17.3 Å². The summed E-state index contributed by atoms with van der Waals surface area (Å²) < 4.78 is 7.76. The lowest BCUT2D eigenvalue weighted by Crippen LogP contribution is -2.50. The molecule has 1 fully saturated rings. The number of nitrogens with two attached hydrogens (primary N) is 1. The summed E-state index contributed by atoms with van der Waals surface area (Å²) in [5.41, 5.74) is 7.95. The molecule has 0 amide bonds. The molecular weight excluding hydrogens is 279 g/mol. The van der Waals surface area contributed by atoms with E-state index in [2.05, 4.69) is 20.3 Å². The van der Waals surface area contributed by atoms with E-state index in [-0.39, 0.29) is 12.1 Å². The summed E-state index contributed by atoms with van der Waals surface area (Å²) in [5, 5.41) is 3.17. The summed E-state index contributed by atoms with van der Waals surface area (Å²) >= 11 is 0. The van der Waals surface area contributed by atoms with Gasteiger partial charge in [-0.25, -0.2) is 9.55 Å². The van der Waals surface area contributed by atoms with Gasteiger partial charge in [0, 0.05) is 25.4 Å². The van der Waals surface area contributed by atoms with Gasteiger partial charge in [-0.2, -0.15) is 9.97 Å². The molecule has 0 atom stereocenters. The Kier molecular flexibility index (Phi) is 2.97. The zero-order chi connectivity index (χ0) is 15.1. The Balaban J connectivity index is 1.91. The van der Waals surface area contributed by atoms with Crippen molar-refractivity contribution in [2.45, 2.75) is 6.10 Å². The van der Waals surface area contributed by atoms with E-state index in [4.69, 9.17) is 18.3 Å². The molecule has 22 heavy (non-hydrogen) atoms. The van der Waals surface area contributed by atoms with E-state index >= 15 is 0 Å². The van der Waals surface area contributed by atoms with Gasteiger partial charge in [0.2, 0.25) is 5.95 Å². The first-order valence-corrected chi connectivity index (χ1v) is 6.95. The standard InChI is InChI=1S/C14H13BN6O/c15-8-1-2-10-11(5-8)21(12-3-4-18-13(16)20-12)14(19-10)22-9-6-17-7-9/h1-5,9,17H,6-7H2,(H2,16,18,20). The third kappa shape index (κ3) is 2.17. The van der Waals surface area contributed by atoms with Gasteiger partial charge < -0.3 is 15.8 Å². The zero-order valence-corrected chi connectivity index (χ0v) is 11.7. The lowest BCUT2D eigenvalue weighted by Gasteiger charge is -2.27. The van der Waals surface area contributed by atoms with Crippen molar-refractivity contribution in [2.24, 2.45) is 0 Å². The van der Waals surface area contributed by atoms with Gasteiger partial charge in [-0.3, -0.25) is 0 Å². The van der Waals surface area contributed by atoms with Crippen LogP contribution in [0.5, 0.6) is 6.01 Å². The van der Waals surface area contributed by atoms with Gasteiger partial charge >= 0.3 is 6.01 Å². The predicted molar refractivity (Wildman–Crippen MR) is 83.7 cm³/mol. The highest BCUT2D eigenvalue weighted by Gasteiger charge is 2.23. The Morgan fingerprint density at radius 3 is 2.86 bits per heavy atom. The first-order chi connectivity index (χ1) is 10.7. The monoisotopic (exact) mass is 292 g/mol. The fourth-order valence-electron chi connectivity index (χ4n) is 2.35. The van der Waals surface area contributed by atoms with Crippen molar-refractivity contribution < 1.29 is 4.74 Å². The number of aromatic nitrogens is 4. The fraction of sp³-hybridized carbons (Fsp3) is 0.214. The van der Waals surface area contributed by atoms with Gasteiger partial charge in [0.1, 0.15) is 19.8 Å². The number of ether oxygens (including phenoxy) is 1. The second kappa shape index (κ2) is 4.99. The number of hydrogen-bond acceptors (Lipinski definition) is 6. The van der Waals surface area contributed by atoms with E-state index in [9.17, 15) is 0 Å². The first-order valence-electron chi connectivity index (χ1n) is 6.95. The van der Waals surface area contributed by atoms with Gasteiger partial charge in [0.15, 0.2) is 0 Å². The molecule has 1 aliphatic heterocycles. The molecule has 0 bridgehead atoms. The molecule has 0 aliphatic carbocycles. The minimum Gasteiger partial charge on any atom is -0.458 e. The van der Waals surface area contributed by atoms with Crippen molar-refractivity contribution in [3.63, 3.8) is 0 Å². The minimum atomic E-state index is 0.104. The van der Waals surface area contributed by atoms with Crippen molar-refractivity contribution >= 4 is 30.3 Å². The smallest absolute Gasteiger partial charge is 0.303 e. The lowest BCUT2D eigenvalue weighted by molar-refractivity contribution is 0.128. The van der Waals surface area contributed by atoms with Crippen LogP contribution in [0.15, 0.2) is 30.5 Å². The Hall–Kier alpha value is -2.61. The zero-order valence-electron chi connectivity index (χ0n) is 11.7. The molecule has 3 N–H and O–H groups in total. The van der Waals surface area contributed by atoms with Gasteiger partial charge in [-0.05, 0) is 12.1 Å². The van der Waals surface area contributed by atoms with Crippen molar-refractivity contribution in [3.8, 4) is 11.8 Å². The quantitative estimate of drug-likeness (QED) is 0.635. The maximum atomic E-state index is 5.95. The highest BCUT2D eigenvalue weighted by molar-refractivity contribution is 6.33. The Morgan fingerprint density at radius 2 is 2.14 bits per heavy atom. The van der Waals surface area contributed by atoms with Crippen LogP contribution in [0, 0.1) is 0 Å². The molecule has 3 aromatic rings. The van der Waals surface area contributed by atoms with Crippen molar-refractivity contribution in [2.75, 3.05) is 18.8 Å². The van der Waals surface area contributed by atoms with E-state index < -0.39 is 0 Å². The molecule has 3 heterocycles. The Bertz CT molecular complexity index is 844. The number of hydrogen-bond donors (Lipinski definition) is 2. The maximum Gasteiger partial charge on any atom is 0.303 e. The second-order valence-electron chi connectivity index (χ2n) is 5.15. The number of nitrogen functional groups attached to an aromatic ring is 1. The number of nitrogens with zero attached hydrogens (tertiary/aromatic N) is 4. The van der Waals surface area contributed by atoms with Gasteiger partial charge in [0.05, 0.1) is 11.0 Å². The highest BCUT2D eigenvalue weighted by atomic mass is 16.5. The van der Waals surface area contributed by atoms with Gasteiger partial charge in [-0.15, -0.1) is 0 Å². The predicted octanol–water partition coefficient (Wildman–Crippen LogP) is -0.458. The normalized spacial score (nSPS) is 14.9. The number of imidazole rings is 1. The SMILES string of the molecule is [B]c1ccc2nc(OC3CNC3)n(-c3ccnc(N)n3)c2c1. The van der Waals surface area contributed by atoms with Crippen LogP contribution in [0.2, 0.25) is 0 Å². The Labute approximate surface area is 127 Å². The lowest BCUT2D eigenvalue weighted by atomic mass is 9.96. The van der Waals surface area contributed by atoms with E-state index in [1.807, 2.05) is 22.8 Å². The van der Waals surface area contributed by atoms with Crippen LogP contribution in [-0.4, -0.2) is 46.6 Å². The van der Waals surface area contributed by atoms with E-state index in [1.54, 1.807) is 12.3 Å². The van der Waals surface area contributed by atoms with Gasteiger partial charge in [-0.1, -0.05) is 11.5 Å². The molecule has 1 saturated heterocycles. The average molecular weight is 292 g/mol. The summed E-state index contributed by atoms with van der Waals surface area (Å²) in [7, 11) is 5.90. The maximum absolute atomic E-state index is 5.95. The molecule has 8 heteroatoms. The first kappa shape index (κ1) is 13.1. The van der Waals surface area contributed by atoms with Crippen molar-refractivity contribution in [1.82, 2.24) is 24.8 Å². The molecule has 2 radical (unpaired) electrons. The molecular formula is C14H13BN6O. The molecule has 0 unspecified atom stereocenters.